The van der Waals surface area contributed by atoms with E-state index in [4.69, 9.17) is 5.26 Å². The third kappa shape index (κ3) is 1.86. The zero-order valence-electron chi connectivity index (χ0n) is 8.60. The van der Waals surface area contributed by atoms with Crippen molar-refractivity contribution in [3.05, 3.63) is 48.0 Å². The summed E-state index contributed by atoms with van der Waals surface area (Å²) in [6, 6.07) is 15.1. The fourth-order valence-corrected chi connectivity index (χ4v) is 1.64. The molecular formula is C13H10N2O. The maximum Gasteiger partial charge on any atom is 0.252 e. The van der Waals surface area contributed by atoms with Gasteiger partial charge in [0, 0.05) is 5.56 Å². The van der Waals surface area contributed by atoms with Crippen LogP contribution in [0.3, 0.4) is 0 Å². The van der Waals surface area contributed by atoms with Gasteiger partial charge in [-0.25, -0.2) is 0 Å². The molecule has 78 valence electrons. The second-order valence-electron chi connectivity index (χ2n) is 3.37. The van der Waals surface area contributed by atoms with E-state index in [-0.39, 0.29) is 12.5 Å². The minimum absolute atomic E-state index is 0.0298. The van der Waals surface area contributed by atoms with Crippen molar-refractivity contribution in [2.24, 2.45) is 0 Å². The van der Waals surface area contributed by atoms with Crippen molar-refractivity contribution in [2.75, 3.05) is 6.54 Å². The summed E-state index contributed by atoms with van der Waals surface area (Å²) >= 11 is 0. The van der Waals surface area contributed by atoms with Crippen molar-refractivity contribution in [3.8, 4) is 6.07 Å². The van der Waals surface area contributed by atoms with Gasteiger partial charge in [0.05, 0.1) is 6.07 Å². The molecule has 0 saturated heterocycles. The fraction of sp³-hybridized carbons (Fsp3) is 0.0769. The molecule has 16 heavy (non-hydrogen) atoms. The van der Waals surface area contributed by atoms with Gasteiger partial charge >= 0.3 is 0 Å². The summed E-state index contributed by atoms with van der Waals surface area (Å²) in [6.45, 7) is 0.0298. The number of carbonyl (C=O) groups excluding carboxylic acids is 1. The molecule has 0 bridgehead atoms. The number of fused-ring (bicyclic) bond motifs is 1. The zero-order chi connectivity index (χ0) is 11.4. The molecule has 0 spiro atoms. The van der Waals surface area contributed by atoms with E-state index in [0.29, 0.717) is 5.56 Å². The van der Waals surface area contributed by atoms with Crippen LogP contribution in [0.5, 0.6) is 0 Å². The number of hydrogen-bond donors (Lipinski definition) is 1. The Morgan fingerprint density at radius 3 is 2.75 bits per heavy atom. The summed E-state index contributed by atoms with van der Waals surface area (Å²) in [5.74, 6) is -0.210. The quantitative estimate of drug-likeness (QED) is 0.771. The van der Waals surface area contributed by atoms with Gasteiger partial charge < -0.3 is 5.32 Å². The number of nitrogens with one attached hydrogen (secondary N) is 1. The monoisotopic (exact) mass is 210 g/mol. The van der Waals surface area contributed by atoms with E-state index >= 15 is 0 Å². The van der Waals surface area contributed by atoms with Crippen LogP contribution in [-0.4, -0.2) is 12.5 Å². The fourth-order valence-electron chi connectivity index (χ4n) is 1.64. The zero-order valence-corrected chi connectivity index (χ0v) is 8.60. The summed E-state index contributed by atoms with van der Waals surface area (Å²) in [5, 5.41) is 12.9. The third-order valence-electron chi connectivity index (χ3n) is 2.36. The Balaban J connectivity index is 2.45. The average molecular weight is 210 g/mol. The second-order valence-corrected chi connectivity index (χ2v) is 3.37. The highest BCUT2D eigenvalue weighted by atomic mass is 16.1. The van der Waals surface area contributed by atoms with E-state index in [2.05, 4.69) is 5.32 Å². The van der Waals surface area contributed by atoms with Crippen LogP contribution in [0, 0.1) is 11.3 Å². The Kier molecular flexibility index (Phi) is 2.84. The van der Waals surface area contributed by atoms with Gasteiger partial charge in [-0.3, -0.25) is 4.79 Å². The Hall–Kier alpha value is -2.34. The Labute approximate surface area is 93.3 Å². The lowest BCUT2D eigenvalue weighted by molar-refractivity contribution is 0.0960. The van der Waals surface area contributed by atoms with Crippen molar-refractivity contribution in [1.82, 2.24) is 5.32 Å². The molecule has 0 fully saturated rings. The average Bonchev–Trinajstić information content (AvgIpc) is 2.35. The predicted molar refractivity (Wildman–Crippen MR) is 61.9 cm³/mol. The molecule has 2 aromatic rings. The number of nitriles is 1. The molecule has 3 nitrogen and oxygen atoms in total. The molecule has 2 rings (SSSR count). The maximum absolute atomic E-state index is 11.8. The lowest BCUT2D eigenvalue weighted by atomic mass is 10.0. The highest BCUT2D eigenvalue weighted by Gasteiger charge is 2.07. The van der Waals surface area contributed by atoms with E-state index in [0.717, 1.165) is 10.8 Å². The lowest BCUT2D eigenvalue weighted by Gasteiger charge is -2.05. The van der Waals surface area contributed by atoms with Gasteiger partial charge in [-0.05, 0) is 16.8 Å². The smallest absolute Gasteiger partial charge is 0.252 e. The van der Waals surface area contributed by atoms with E-state index in [1.807, 2.05) is 42.5 Å². The van der Waals surface area contributed by atoms with E-state index in [1.54, 1.807) is 6.07 Å². The number of nitrogens with zero attached hydrogens (tertiary/aromatic N) is 1. The Morgan fingerprint density at radius 1 is 1.19 bits per heavy atom. The normalized spacial score (nSPS) is 9.69. The Bertz CT molecular complexity index is 564. The first-order chi connectivity index (χ1) is 7.83. The van der Waals surface area contributed by atoms with Crippen molar-refractivity contribution in [3.63, 3.8) is 0 Å². The van der Waals surface area contributed by atoms with Crippen LogP contribution < -0.4 is 5.32 Å². The van der Waals surface area contributed by atoms with Crippen LogP contribution in [0.1, 0.15) is 10.4 Å². The molecular weight excluding hydrogens is 200 g/mol. The number of carbonyl (C=O) groups is 1. The molecule has 0 radical (unpaired) electrons. The van der Waals surface area contributed by atoms with Crippen LogP contribution in [-0.2, 0) is 0 Å². The van der Waals surface area contributed by atoms with Gasteiger partial charge in [0.15, 0.2) is 0 Å². The number of benzene rings is 2. The molecule has 0 atom stereocenters. The van der Waals surface area contributed by atoms with Crippen LogP contribution in [0.25, 0.3) is 10.8 Å². The summed E-state index contributed by atoms with van der Waals surface area (Å²) in [7, 11) is 0. The topological polar surface area (TPSA) is 52.9 Å². The minimum atomic E-state index is -0.210. The molecule has 0 aliphatic carbocycles. The van der Waals surface area contributed by atoms with Gasteiger partial charge in [0.25, 0.3) is 5.91 Å². The standard InChI is InChI=1S/C13H10N2O/c14-8-9-15-13(16)12-7-3-5-10-4-1-2-6-11(10)12/h1-7H,9H2,(H,15,16). The summed E-state index contributed by atoms with van der Waals surface area (Å²) < 4.78 is 0. The van der Waals surface area contributed by atoms with Crippen molar-refractivity contribution >= 4 is 16.7 Å². The maximum atomic E-state index is 11.8. The van der Waals surface area contributed by atoms with Crippen LogP contribution >= 0.6 is 0 Å². The number of amides is 1. The molecule has 3 heteroatoms. The van der Waals surface area contributed by atoms with E-state index in [1.165, 1.54) is 0 Å². The van der Waals surface area contributed by atoms with Crippen LogP contribution in [0.4, 0.5) is 0 Å². The summed E-state index contributed by atoms with van der Waals surface area (Å²) in [4.78, 5) is 11.8. The van der Waals surface area contributed by atoms with Gasteiger partial charge in [-0.1, -0.05) is 36.4 Å². The molecule has 0 saturated carbocycles. The first-order valence-corrected chi connectivity index (χ1v) is 4.96. The minimum Gasteiger partial charge on any atom is -0.339 e. The third-order valence-corrected chi connectivity index (χ3v) is 2.36. The van der Waals surface area contributed by atoms with Crippen molar-refractivity contribution in [1.29, 1.82) is 5.26 Å². The highest BCUT2D eigenvalue weighted by Crippen LogP contribution is 2.18. The SMILES string of the molecule is N#CCNC(=O)c1cccc2ccccc12. The lowest BCUT2D eigenvalue weighted by Crippen LogP contribution is -2.23. The van der Waals surface area contributed by atoms with Crippen LogP contribution in [0.15, 0.2) is 42.5 Å². The van der Waals surface area contributed by atoms with E-state index in [9.17, 15) is 4.79 Å². The predicted octanol–water partition coefficient (Wildman–Crippen LogP) is 2.09. The first kappa shape index (κ1) is 10.2. The van der Waals surface area contributed by atoms with Gasteiger partial charge in [-0.2, -0.15) is 5.26 Å². The van der Waals surface area contributed by atoms with Crippen LogP contribution in [0.2, 0.25) is 0 Å². The molecule has 0 aromatic heterocycles. The van der Waals surface area contributed by atoms with Gasteiger partial charge in [0.1, 0.15) is 6.54 Å². The number of hydrogen-bond acceptors (Lipinski definition) is 2. The van der Waals surface area contributed by atoms with Crippen molar-refractivity contribution < 1.29 is 4.79 Å². The van der Waals surface area contributed by atoms with Gasteiger partial charge in [-0.15, -0.1) is 0 Å². The number of rotatable bonds is 2. The van der Waals surface area contributed by atoms with E-state index < -0.39 is 0 Å². The Morgan fingerprint density at radius 2 is 1.94 bits per heavy atom. The largest absolute Gasteiger partial charge is 0.339 e. The molecule has 1 N–H and O–H groups in total. The molecule has 0 aliphatic rings. The second kappa shape index (κ2) is 4.45. The van der Waals surface area contributed by atoms with Crippen molar-refractivity contribution in [2.45, 2.75) is 0 Å². The summed E-state index contributed by atoms with van der Waals surface area (Å²) in [6.07, 6.45) is 0. The summed E-state index contributed by atoms with van der Waals surface area (Å²) in [5.41, 5.74) is 0.605. The molecule has 2 aromatic carbocycles. The first-order valence-electron chi connectivity index (χ1n) is 4.96. The molecule has 1 amide bonds. The molecule has 0 aliphatic heterocycles. The van der Waals surface area contributed by atoms with Gasteiger partial charge in [0.2, 0.25) is 0 Å². The highest BCUT2D eigenvalue weighted by molar-refractivity contribution is 6.07. The molecule has 0 heterocycles. The molecule has 0 unspecified atom stereocenters.